The molecule has 4 nitrogen and oxygen atoms in total. The Hall–Kier alpha value is -0.870. The molecule has 1 fully saturated rings. The molecule has 1 saturated heterocycles. The predicted octanol–water partition coefficient (Wildman–Crippen LogP) is 1.09. The van der Waals surface area contributed by atoms with E-state index in [1.54, 1.807) is 0 Å². The maximum absolute atomic E-state index is 5.18. The third-order valence-corrected chi connectivity index (χ3v) is 3.22. The first-order chi connectivity index (χ1) is 7.22. The molecular formula is C11H19N3O. The van der Waals surface area contributed by atoms with Crippen LogP contribution in [0.3, 0.4) is 0 Å². The maximum Gasteiger partial charge on any atom is 0.138 e. The molecule has 0 atom stereocenters. The Balaban J connectivity index is 2.05. The van der Waals surface area contributed by atoms with Gasteiger partial charge in [0.15, 0.2) is 0 Å². The monoisotopic (exact) mass is 209 g/mol. The van der Waals surface area contributed by atoms with Crippen molar-refractivity contribution < 1.29 is 4.52 Å². The summed E-state index contributed by atoms with van der Waals surface area (Å²) in [4.78, 5) is 2.48. The van der Waals surface area contributed by atoms with Crippen LogP contribution < -0.4 is 5.32 Å². The van der Waals surface area contributed by atoms with Crippen LogP contribution in [0.4, 0.5) is 0 Å². The summed E-state index contributed by atoms with van der Waals surface area (Å²) >= 11 is 0. The molecule has 15 heavy (non-hydrogen) atoms. The van der Waals surface area contributed by atoms with Crippen molar-refractivity contribution in [3.8, 4) is 0 Å². The molecule has 84 valence electrons. The summed E-state index contributed by atoms with van der Waals surface area (Å²) in [6, 6.07) is 0.684. The summed E-state index contributed by atoms with van der Waals surface area (Å²) in [5.41, 5.74) is 2.28. The highest BCUT2D eigenvalue weighted by molar-refractivity contribution is 5.20. The number of nitrogens with one attached hydrogen (secondary N) is 1. The SMILES string of the molecule is CCN(Cc1c(C)noc1C)C1CNC1. The van der Waals surface area contributed by atoms with Gasteiger partial charge in [-0.25, -0.2) is 0 Å². The van der Waals surface area contributed by atoms with Crippen molar-refractivity contribution in [2.75, 3.05) is 19.6 Å². The zero-order valence-corrected chi connectivity index (χ0v) is 9.71. The second-order valence-corrected chi connectivity index (χ2v) is 4.18. The second-order valence-electron chi connectivity index (χ2n) is 4.18. The average molecular weight is 209 g/mol. The fraction of sp³-hybridized carbons (Fsp3) is 0.727. The molecule has 1 aliphatic heterocycles. The molecule has 0 amide bonds. The third-order valence-electron chi connectivity index (χ3n) is 3.22. The van der Waals surface area contributed by atoms with Gasteiger partial charge in [0.2, 0.25) is 0 Å². The minimum Gasteiger partial charge on any atom is -0.361 e. The van der Waals surface area contributed by atoms with E-state index in [0.717, 1.165) is 37.6 Å². The van der Waals surface area contributed by atoms with Gasteiger partial charge in [0.25, 0.3) is 0 Å². The van der Waals surface area contributed by atoms with Gasteiger partial charge in [-0.15, -0.1) is 0 Å². The first kappa shape index (κ1) is 10.6. The van der Waals surface area contributed by atoms with Crippen LogP contribution in [0.5, 0.6) is 0 Å². The number of hydrogen-bond donors (Lipinski definition) is 1. The second kappa shape index (κ2) is 4.33. The number of likely N-dealkylation sites (N-methyl/N-ethyl adjacent to an activating group) is 1. The summed E-state index contributed by atoms with van der Waals surface area (Å²) in [6.07, 6.45) is 0. The van der Waals surface area contributed by atoms with Crippen LogP contribution in [0, 0.1) is 13.8 Å². The Labute approximate surface area is 90.6 Å². The van der Waals surface area contributed by atoms with Gasteiger partial charge in [-0.1, -0.05) is 12.1 Å². The van der Waals surface area contributed by atoms with Gasteiger partial charge in [-0.3, -0.25) is 4.90 Å². The molecule has 1 aromatic rings. The van der Waals surface area contributed by atoms with Gasteiger partial charge in [0.05, 0.1) is 5.69 Å². The van der Waals surface area contributed by atoms with Crippen LogP contribution in [0.1, 0.15) is 23.9 Å². The fourth-order valence-corrected chi connectivity index (χ4v) is 1.96. The van der Waals surface area contributed by atoms with E-state index in [1.165, 1.54) is 5.56 Å². The first-order valence-electron chi connectivity index (χ1n) is 5.59. The molecule has 2 heterocycles. The topological polar surface area (TPSA) is 41.3 Å². The molecule has 0 aliphatic carbocycles. The van der Waals surface area contributed by atoms with E-state index in [2.05, 4.69) is 22.3 Å². The third kappa shape index (κ3) is 2.06. The smallest absolute Gasteiger partial charge is 0.138 e. The molecule has 0 spiro atoms. The van der Waals surface area contributed by atoms with E-state index in [-0.39, 0.29) is 0 Å². The minimum absolute atomic E-state index is 0.684. The van der Waals surface area contributed by atoms with Crippen molar-refractivity contribution >= 4 is 0 Å². The van der Waals surface area contributed by atoms with Crippen LogP contribution in [-0.2, 0) is 6.54 Å². The van der Waals surface area contributed by atoms with Crippen molar-refractivity contribution in [1.82, 2.24) is 15.4 Å². The van der Waals surface area contributed by atoms with Gasteiger partial charge in [-0.2, -0.15) is 0 Å². The number of aromatic nitrogens is 1. The van der Waals surface area contributed by atoms with Gasteiger partial charge in [0.1, 0.15) is 5.76 Å². The number of rotatable bonds is 4. The summed E-state index contributed by atoms with van der Waals surface area (Å²) in [5.74, 6) is 0.957. The largest absolute Gasteiger partial charge is 0.361 e. The highest BCUT2D eigenvalue weighted by Gasteiger charge is 2.24. The molecule has 1 aliphatic rings. The Morgan fingerprint density at radius 1 is 1.47 bits per heavy atom. The lowest BCUT2D eigenvalue weighted by Crippen LogP contribution is -2.56. The average Bonchev–Trinajstić information content (AvgIpc) is 2.45. The summed E-state index contributed by atoms with van der Waals surface area (Å²) < 4.78 is 5.18. The van der Waals surface area contributed by atoms with E-state index < -0.39 is 0 Å². The summed E-state index contributed by atoms with van der Waals surface area (Å²) in [7, 11) is 0. The van der Waals surface area contributed by atoms with Gasteiger partial charge < -0.3 is 9.84 Å². The van der Waals surface area contributed by atoms with Crippen molar-refractivity contribution in [1.29, 1.82) is 0 Å². The molecule has 0 unspecified atom stereocenters. The predicted molar refractivity (Wildman–Crippen MR) is 58.7 cm³/mol. The quantitative estimate of drug-likeness (QED) is 0.806. The van der Waals surface area contributed by atoms with E-state index in [4.69, 9.17) is 4.52 Å². The Kier molecular flexibility index (Phi) is 3.07. The van der Waals surface area contributed by atoms with E-state index in [9.17, 15) is 0 Å². The Morgan fingerprint density at radius 3 is 2.60 bits per heavy atom. The van der Waals surface area contributed by atoms with E-state index in [0.29, 0.717) is 6.04 Å². The molecule has 4 heteroatoms. The van der Waals surface area contributed by atoms with E-state index in [1.807, 2.05) is 13.8 Å². The molecule has 0 saturated carbocycles. The highest BCUT2D eigenvalue weighted by Crippen LogP contribution is 2.17. The molecule has 0 bridgehead atoms. The zero-order valence-electron chi connectivity index (χ0n) is 9.71. The molecule has 2 rings (SSSR count). The van der Waals surface area contributed by atoms with Crippen molar-refractivity contribution in [2.24, 2.45) is 0 Å². The molecule has 0 radical (unpaired) electrons. The molecule has 0 aromatic carbocycles. The van der Waals surface area contributed by atoms with Gasteiger partial charge >= 0.3 is 0 Å². The van der Waals surface area contributed by atoms with Crippen LogP contribution in [-0.4, -0.2) is 35.7 Å². The standard InChI is InChI=1S/C11H19N3O/c1-4-14(10-5-12-6-10)7-11-8(2)13-15-9(11)3/h10,12H,4-7H2,1-3H3. The molecule has 1 aromatic heterocycles. The van der Waals surface area contributed by atoms with Crippen LogP contribution >= 0.6 is 0 Å². The minimum atomic E-state index is 0.684. The van der Waals surface area contributed by atoms with Crippen molar-refractivity contribution in [2.45, 2.75) is 33.4 Å². The van der Waals surface area contributed by atoms with Crippen molar-refractivity contribution in [3.63, 3.8) is 0 Å². The zero-order chi connectivity index (χ0) is 10.8. The lowest BCUT2D eigenvalue weighted by atomic mass is 10.1. The van der Waals surface area contributed by atoms with Gasteiger partial charge in [-0.05, 0) is 20.4 Å². The number of aryl methyl sites for hydroxylation is 2. The summed E-state index contributed by atoms with van der Waals surface area (Å²) in [6.45, 7) is 10.5. The van der Waals surface area contributed by atoms with Crippen LogP contribution in [0.15, 0.2) is 4.52 Å². The lowest BCUT2D eigenvalue weighted by molar-refractivity contribution is 0.144. The lowest BCUT2D eigenvalue weighted by Gasteiger charge is -2.37. The fourth-order valence-electron chi connectivity index (χ4n) is 1.96. The summed E-state index contributed by atoms with van der Waals surface area (Å²) in [5, 5.41) is 7.29. The Bertz CT molecular complexity index is 311. The number of nitrogens with zero attached hydrogens (tertiary/aromatic N) is 2. The van der Waals surface area contributed by atoms with Gasteiger partial charge in [0, 0.05) is 31.2 Å². The Morgan fingerprint density at radius 2 is 2.20 bits per heavy atom. The maximum atomic E-state index is 5.18. The number of hydrogen-bond acceptors (Lipinski definition) is 4. The molecule has 1 N–H and O–H groups in total. The van der Waals surface area contributed by atoms with Crippen molar-refractivity contribution in [3.05, 3.63) is 17.0 Å². The van der Waals surface area contributed by atoms with Crippen LogP contribution in [0.2, 0.25) is 0 Å². The normalized spacial score (nSPS) is 17.1. The van der Waals surface area contributed by atoms with Crippen LogP contribution in [0.25, 0.3) is 0 Å². The molecular weight excluding hydrogens is 190 g/mol. The highest BCUT2D eigenvalue weighted by atomic mass is 16.5. The van der Waals surface area contributed by atoms with E-state index >= 15 is 0 Å². The first-order valence-corrected chi connectivity index (χ1v) is 5.59.